The van der Waals surface area contributed by atoms with Crippen molar-refractivity contribution in [3.8, 4) is 5.75 Å². The lowest BCUT2D eigenvalue weighted by atomic mass is 10.2. The van der Waals surface area contributed by atoms with E-state index in [1.165, 1.54) is 16.1 Å². The van der Waals surface area contributed by atoms with E-state index in [1.807, 2.05) is 38.1 Å². The maximum Gasteiger partial charge on any atom is 0.243 e. The van der Waals surface area contributed by atoms with Gasteiger partial charge in [0.2, 0.25) is 15.9 Å². The van der Waals surface area contributed by atoms with Crippen molar-refractivity contribution < 1.29 is 17.9 Å². The molecule has 0 spiro atoms. The summed E-state index contributed by atoms with van der Waals surface area (Å²) < 4.78 is 32.4. The van der Waals surface area contributed by atoms with Gasteiger partial charge in [-0.15, -0.1) is 11.8 Å². The van der Waals surface area contributed by atoms with E-state index in [0.29, 0.717) is 43.4 Å². The number of hydrogen-bond donors (Lipinski definition) is 0. The van der Waals surface area contributed by atoms with Crippen LogP contribution in [0.3, 0.4) is 0 Å². The predicted molar refractivity (Wildman–Crippen MR) is 115 cm³/mol. The normalized spacial score (nSPS) is 15.3. The van der Waals surface area contributed by atoms with Crippen molar-refractivity contribution in [1.82, 2.24) is 9.21 Å². The van der Waals surface area contributed by atoms with Crippen molar-refractivity contribution in [3.63, 3.8) is 0 Å². The first-order valence-corrected chi connectivity index (χ1v) is 12.0. The standard InChI is InChI=1S/C21H26N2O4S2/c1-3-27-18-6-8-19(9-7-18)28-16-21(24)22-12-14-23(15-13-22)29(25,26)20-10-4-17(2)5-11-20/h4-11H,3,12-16H2,1-2H3. The maximum atomic E-state index is 12.8. The van der Waals surface area contributed by atoms with Crippen LogP contribution >= 0.6 is 11.8 Å². The van der Waals surface area contributed by atoms with Gasteiger partial charge < -0.3 is 9.64 Å². The summed E-state index contributed by atoms with van der Waals surface area (Å²) in [6, 6.07) is 14.5. The lowest BCUT2D eigenvalue weighted by Crippen LogP contribution is -2.50. The van der Waals surface area contributed by atoms with E-state index in [9.17, 15) is 13.2 Å². The molecule has 0 saturated carbocycles. The molecule has 1 heterocycles. The second-order valence-corrected chi connectivity index (χ2v) is 9.78. The van der Waals surface area contributed by atoms with Crippen LogP contribution in [0.5, 0.6) is 5.75 Å². The van der Waals surface area contributed by atoms with Crippen LogP contribution in [-0.2, 0) is 14.8 Å². The summed E-state index contributed by atoms with van der Waals surface area (Å²) in [5, 5.41) is 0. The average Bonchev–Trinajstić information content (AvgIpc) is 2.73. The Bertz CT molecular complexity index is 920. The van der Waals surface area contributed by atoms with Gasteiger partial charge in [0.25, 0.3) is 0 Å². The molecule has 8 heteroatoms. The first-order chi connectivity index (χ1) is 13.9. The summed E-state index contributed by atoms with van der Waals surface area (Å²) in [6.45, 7) is 5.93. The molecule has 0 aliphatic carbocycles. The Kier molecular flexibility index (Phi) is 7.21. The highest BCUT2D eigenvalue weighted by Crippen LogP contribution is 2.23. The van der Waals surface area contributed by atoms with Gasteiger partial charge in [0, 0.05) is 31.1 Å². The number of hydrogen-bond acceptors (Lipinski definition) is 5. The Morgan fingerprint density at radius 3 is 2.21 bits per heavy atom. The molecule has 1 amide bonds. The van der Waals surface area contributed by atoms with Gasteiger partial charge >= 0.3 is 0 Å². The highest BCUT2D eigenvalue weighted by atomic mass is 32.2. The zero-order chi connectivity index (χ0) is 20.9. The lowest BCUT2D eigenvalue weighted by Gasteiger charge is -2.34. The Morgan fingerprint density at radius 1 is 1.00 bits per heavy atom. The Balaban J connectivity index is 1.50. The zero-order valence-electron chi connectivity index (χ0n) is 16.7. The minimum Gasteiger partial charge on any atom is -0.494 e. The molecular formula is C21H26N2O4S2. The van der Waals surface area contributed by atoms with Crippen molar-refractivity contribution in [2.75, 3.05) is 38.5 Å². The van der Waals surface area contributed by atoms with Crippen molar-refractivity contribution in [1.29, 1.82) is 0 Å². The highest BCUT2D eigenvalue weighted by Gasteiger charge is 2.29. The van der Waals surface area contributed by atoms with Gasteiger partial charge in [-0.05, 0) is 50.2 Å². The summed E-state index contributed by atoms with van der Waals surface area (Å²) in [5.74, 6) is 1.17. The molecule has 1 aliphatic rings. The number of piperazine rings is 1. The quantitative estimate of drug-likeness (QED) is 0.627. The van der Waals surface area contributed by atoms with Crippen molar-refractivity contribution in [3.05, 3.63) is 54.1 Å². The van der Waals surface area contributed by atoms with Crippen molar-refractivity contribution in [2.45, 2.75) is 23.6 Å². The van der Waals surface area contributed by atoms with Gasteiger partial charge in [-0.25, -0.2) is 8.42 Å². The van der Waals surface area contributed by atoms with Crippen molar-refractivity contribution in [2.24, 2.45) is 0 Å². The monoisotopic (exact) mass is 434 g/mol. The number of thioether (sulfide) groups is 1. The van der Waals surface area contributed by atoms with Gasteiger partial charge in [-0.1, -0.05) is 17.7 Å². The average molecular weight is 435 g/mol. The molecule has 0 aromatic heterocycles. The summed E-state index contributed by atoms with van der Waals surface area (Å²) in [6.07, 6.45) is 0. The fourth-order valence-corrected chi connectivity index (χ4v) is 5.30. The molecule has 1 saturated heterocycles. The summed E-state index contributed by atoms with van der Waals surface area (Å²) in [4.78, 5) is 15.6. The SMILES string of the molecule is CCOc1ccc(SCC(=O)N2CCN(S(=O)(=O)c3ccc(C)cc3)CC2)cc1. The van der Waals surface area contributed by atoms with E-state index in [4.69, 9.17) is 4.74 Å². The second-order valence-electron chi connectivity index (χ2n) is 6.79. The van der Waals surface area contributed by atoms with Gasteiger partial charge in [0.1, 0.15) is 5.75 Å². The molecule has 0 bridgehead atoms. The highest BCUT2D eigenvalue weighted by molar-refractivity contribution is 8.00. The number of ether oxygens (including phenoxy) is 1. The molecule has 1 fully saturated rings. The number of sulfonamides is 1. The van der Waals surface area contributed by atoms with Crippen LogP contribution in [0.4, 0.5) is 0 Å². The number of rotatable bonds is 7. The molecule has 2 aromatic carbocycles. The summed E-state index contributed by atoms with van der Waals surface area (Å²) in [7, 11) is -3.51. The smallest absolute Gasteiger partial charge is 0.243 e. The molecule has 0 N–H and O–H groups in total. The molecule has 2 aromatic rings. The Labute approximate surface area is 176 Å². The Hall–Kier alpha value is -2.03. The molecule has 29 heavy (non-hydrogen) atoms. The molecule has 3 rings (SSSR count). The van der Waals surface area contributed by atoms with Crippen LogP contribution in [0.1, 0.15) is 12.5 Å². The molecule has 1 aliphatic heterocycles. The third kappa shape index (κ3) is 5.52. The van der Waals surface area contributed by atoms with E-state index in [1.54, 1.807) is 29.2 Å². The predicted octanol–water partition coefficient (Wildman–Crippen LogP) is 3.02. The molecule has 0 radical (unpaired) electrons. The van der Waals surface area contributed by atoms with Gasteiger partial charge in [-0.2, -0.15) is 4.31 Å². The number of nitrogens with zero attached hydrogens (tertiary/aromatic N) is 2. The first-order valence-electron chi connectivity index (χ1n) is 9.60. The third-order valence-electron chi connectivity index (χ3n) is 4.75. The number of carbonyl (C=O) groups excluding carboxylic acids is 1. The van der Waals surface area contributed by atoms with Crippen molar-refractivity contribution >= 4 is 27.7 Å². The summed E-state index contributed by atoms with van der Waals surface area (Å²) in [5.41, 5.74) is 1.02. The Morgan fingerprint density at radius 2 is 1.62 bits per heavy atom. The topological polar surface area (TPSA) is 66.9 Å². The number of amides is 1. The fraction of sp³-hybridized carbons (Fsp3) is 0.381. The van der Waals surface area contributed by atoms with Gasteiger partial charge in [-0.3, -0.25) is 4.79 Å². The lowest BCUT2D eigenvalue weighted by molar-refractivity contribution is -0.129. The van der Waals surface area contributed by atoms with E-state index in [-0.39, 0.29) is 5.91 Å². The number of carbonyl (C=O) groups is 1. The second kappa shape index (κ2) is 9.65. The maximum absolute atomic E-state index is 12.8. The fourth-order valence-electron chi connectivity index (χ4n) is 3.07. The minimum absolute atomic E-state index is 0.0243. The van der Waals surface area contributed by atoms with Crippen LogP contribution in [0.25, 0.3) is 0 Å². The summed E-state index contributed by atoms with van der Waals surface area (Å²) >= 11 is 1.47. The minimum atomic E-state index is -3.51. The van der Waals surface area contributed by atoms with E-state index in [2.05, 4.69) is 0 Å². The first kappa shape index (κ1) is 21.7. The largest absolute Gasteiger partial charge is 0.494 e. The van der Waals surface area contributed by atoms with Gasteiger partial charge in [0.05, 0.1) is 17.3 Å². The zero-order valence-corrected chi connectivity index (χ0v) is 18.3. The van der Waals surface area contributed by atoms with E-state index >= 15 is 0 Å². The van der Waals surface area contributed by atoms with E-state index in [0.717, 1.165) is 16.2 Å². The molecule has 156 valence electrons. The van der Waals surface area contributed by atoms with Gasteiger partial charge in [0.15, 0.2) is 0 Å². The van der Waals surface area contributed by atoms with E-state index < -0.39 is 10.0 Å². The van der Waals surface area contributed by atoms with Crippen LogP contribution in [0.2, 0.25) is 0 Å². The third-order valence-corrected chi connectivity index (χ3v) is 7.66. The number of aryl methyl sites for hydroxylation is 1. The van der Waals surface area contributed by atoms with Crippen LogP contribution in [0.15, 0.2) is 58.3 Å². The molecule has 0 unspecified atom stereocenters. The number of benzene rings is 2. The molecule has 0 atom stereocenters. The van der Waals surface area contributed by atoms with Crippen LogP contribution in [0, 0.1) is 6.92 Å². The van der Waals surface area contributed by atoms with Crippen LogP contribution < -0.4 is 4.74 Å². The van der Waals surface area contributed by atoms with Crippen LogP contribution in [-0.4, -0.2) is 62.1 Å². The molecule has 6 nitrogen and oxygen atoms in total. The molecular weight excluding hydrogens is 408 g/mol.